The summed E-state index contributed by atoms with van der Waals surface area (Å²) in [7, 11) is 0. The predicted molar refractivity (Wildman–Crippen MR) is 84.3 cm³/mol. The molecule has 0 aromatic heterocycles. The van der Waals surface area contributed by atoms with Crippen LogP contribution in [0.25, 0.3) is 0 Å². The Labute approximate surface area is 136 Å². The van der Waals surface area contributed by atoms with E-state index in [0.29, 0.717) is 6.61 Å². The van der Waals surface area contributed by atoms with Crippen molar-refractivity contribution in [2.75, 3.05) is 13.2 Å². The van der Waals surface area contributed by atoms with Crippen LogP contribution in [0.15, 0.2) is 30.3 Å². The highest BCUT2D eigenvalue weighted by Crippen LogP contribution is 2.37. The van der Waals surface area contributed by atoms with Gasteiger partial charge in [0.2, 0.25) is 11.8 Å². The topological polar surface area (TPSA) is 66.8 Å². The number of carbonyl (C=O) groups is 2. The Morgan fingerprint density at radius 1 is 1.09 bits per heavy atom. The van der Waals surface area contributed by atoms with E-state index in [0.717, 1.165) is 31.2 Å². The molecule has 3 rings (SSSR count). The van der Waals surface area contributed by atoms with Gasteiger partial charge in [-0.25, -0.2) is 0 Å². The molecule has 2 amide bonds. The Hall–Kier alpha value is -1.72. The highest BCUT2D eigenvalue weighted by Gasteiger charge is 2.48. The molecule has 2 aliphatic rings. The van der Waals surface area contributed by atoms with E-state index in [1.165, 1.54) is 4.90 Å². The summed E-state index contributed by atoms with van der Waals surface area (Å²) >= 11 is 0. The molecule has 1 saturated heterocycles. The highest BCUT2D eigenvalue weighted by molar-refractivity contribution is 6.05. The molecule has 1 aromatic rings. The molecule has 1 aliphatic heterocycles. The van der Waals surface area contributed by atoms with Crippen molar-refractivity contribution in [2.45, 2.75) is 38.4 Å². The number of likely N-dealkylation sites (tertiary alicyclic amines) is 1. The highest BCUT2D eigenvalue weighted by atomic mass is 16.5. The lowest BCUT2D eigenvalue weighted by Gasteiger charge is -2.19. The number of amides is 2. The summed E-state index contributed by atoms with van der Waals surface area (Å²) in [6, 6.07) is 9.69. The number of hydrogen-bond donors (Lipinski definition) is 1. The molecule has 1 N–H and O–H groups in total. The van der Waals surface area contributed by atoms with Gasteiger partial charge < -0.3 is 9.84 Å². The molecular weight excluding hydrogens is 294 g/mol. The molecule has 1 heterocycles. The van der Waals surface area contributed by atoms with Crippen molar-refractivity contribution in [3.05, 3.63) is 35.9 Å². The van der Waals surface area contributed by atoms with Crippen molar-refractivity contribution >= 4 is 11.8 Å². The Kier molecular flexibility index (Phi) is 5.08. The van der Waals surface area contributed by atoms with Gasteiger partial charge in [0.05, 0.1) is 37.7 Å². The first-order valence-electron chi connectivity index (χ1n) is 8.32. The van der Waals surface area contributed by atoms with Crippen molar-refractivity contribution in [3.63, 3.8) is 0 Å². The Morgan fingerprint density at radius 3 is 2.30 bits per heavy atom. The van der Waals surface area contributed by atoms with E-state index in [1.54, 1.807) is 0 Å². The standard InChI is InChI=1S/C18H23NO4/c20-14(12-23-11-13-6-2-1-3-7-13)10-19-17(21)15-8-4-5-9-16(15)18(19)22/h1-3,6-7,14-16,20H,4-5,8-12H2/t14-,15-,16-/m1/s1. The molecule has 5 nitrogen and oxygen atoms in total. The molecular formula is C18H23NO4. The minimum absolute atomic E-state index is 0.0411. The second-order valence-corrected chi connectivity index (χ2v) is 6.44. The van der Waals surface area contributed by atoms with E-state index in [1.807, 2.05) is 30.3 Å². The first-order chi connectivity index (χ1) is 11.2. The fourth-order valence-corrected chi connectivity index (χ4v) is 3.56. The summed E-state index contributed by atoms with van der Waals surface area (Å²) in [6.45, 7) is 0.561. The lowest BCUT2D eigenvalue weighted by molar-refractivity contribution is -0.142. The zero-order valence-corrected chi connectivity index (χ0v) is 13.2. The van der Waals surface area contributed by atoms with Crippen molar-refractivity contribution in [2.24, 2.45) is 11.8 Å². The third-order valence-corrected chi connectivity index (χ3v) is 4.75. The third kappa shape index (κ3) is 3.62. The predicted octanol–water partition coefficient (Wildman–Crippen LogP) is 1.74. The third-order valence-electron chi connectivity index (χ3n) is 4.75. The van der Waals surface area contributed by atoms with E-state index in [4.69, 9.17) is 4.74 Å². The number of fused-ring (bicyclic) bond motifs is 1. The fraction of sp³-hybridized carbons (Fsp3) is 0.556. The number of ether oxygens (including phenoxy) is 1. The molecule has 1 aliphatic carbocycles. The van der Waals surface area contributed by atoms with Gasteiger partial charge in [0, 0.05) is 0 Å². The maximum atomic E-state index is 12.3. The number of benzene rings is 1. The summed E-state index contributed by atoms with van der Waals surface area (Å²) in [5.74, 6) is -0.536. The fourth-order valence-electron chi connectivity index (χ4n) is 3.56. The van der Waals surface area contributed by atoms with Gasteiger partial charge in [-0.2, -0.15) is 0 Å². The monoisotopic (exact) mass is 317 g/mol. The maximum absolute atomic E-state index is 12.3. The number of aliphatic hydroxyl groups is 1. The zero-order valence-electron chi connectivity index (χ0n) is 13.2. The second kappa shape index (κ2) is 7.23. The summed E-state index contributed by atoms with van der Waals surface area (Å²) in [5, 5.41) is 10.1. The van der Waals surface area contributed by atoms with Crippen LogP contribution in [0.5, 0.6) is 0 Å². The van der Waals surface area contributed by atoms with E-state index in [2.05, 4.69) is 0 Å². The smallest absolute Gasteiger partial charge is 0.233 e. The number of imide groups is 1. The quantitative estimate of drug-likeness (QED) is 0.812. The lowest BCUT2D eigenvalue weighted by atomic mass is 9.81. The summed E-state index contributed by atoms with van der Waals surface area (Å²) in [4.78, 5) is 25.9. The van der Waals surface area contributed by atoms with Gasteiger partial charge in [-0.3, -0.25) is 14.5 Å². The molecule has 1 aromatic carbocycles. The Balaban J connectivity index is 1.48. The van der Waals surface area contributed by atoms with E-state index in [-0.39, 0.29) is 36.8 Å². The molecule has 3 atom stereocenters. The number of aliphatic hydroxyl groups excluding tert-OH is 1. The number of β-amino-alcohol motifs (C(OH)–C–C–N with tert-alkyl or cyclic N) is 1. The number of nitrogens with zero attached hydrogens (tertiary/aromatic N) is 1. The molecule has 124 valence electrons. The molecule has 1 saturated carbocycles. The molecule has 0 bridgehead atoms. The molecule has 5 heteroatoms. The first kappa shape index (κ1) is 16.1. The van der Waals surface area contributed by atoms with Crippen molar-refractivity contribution < 1.29 is 19.4 Å². The van der Waals surface area contributed by atoms with Crippen molar-refractivity contribution in [1.82, 2.24) is 4.90 Å². The lowest BCUT2D eigenvalue weighted by Crippen LogP contribution is -2.39. The summed E-state index contributed by atoms with van der Waals surface area (Å²) < 4.78 is 5.48. The van der Waals surface area contributed by atoms with Gasteiger partial charge in [-0.05, 0) is 18.4 Å². The Bertz CT molecular complexity index is 535. The largest absolute Gasteiger partial charge is 0.389 e. The van der Waals surface area contributed by atoms with Crippen molar-refractivity contribution in [1.29, 1.82) is 0 Å². The molecule has 0 radical (unpaired) electrons. The van der Waals surface area contributed by atoms with E-state index < -0.39 is 6.10 Å². The van der Waals surface area contributed by atoms with Crippen LogP contribution in [-0.4, -0.2) is 41.1 Å². The SMILES string of the molecule is O=C1[C@@H]2CCCC[C@H]2C(=O)N1C[C@@H](O)COCc1ccccc1. The van der Waals surface area contributed by atoms with Crippen LogP contribution in [0.2, 0.25) is 0 Å². The van der Waals surface area contributed by atoms with Crippen LogP contribution in [0.4, 0.5) is 0 Å². The Morgan fingerprint density at radius 2 is 1.70 bits per heavy atom. The minimum atomic E-state index is -0.841. The number of carbonyl (C=O) groups excluding carboxylic acids is 2. The van der Waals surface area contributed by atoms with Crippen LogP contribution in [-0.2, 0) is 20.9 Å². The van der Waals surface area contributed by atoms with E-state index in [9.17, 15) is 14.7 Å². The first-order valence-corrected chi connectivity index (χ1v) is 8.32. The number of rotatable bonds is 6. The van der Waals surface area contributed by atoms with Crippen LogP contribution >= 0.6 is 0 Å². The molecule has 0 unspecified atom stereocenters. The minimum Gasteiger partial charge on any atom is -0.389 e. The van der Waals surface area contributed by atoms with Gasteiger partial charge in [-0.15, -0.1) is 0 Å². The zero-order chi connectivity index (χ0) is 16.2. The maximum Gasteiger partial charge on any atom is 0.233 e. The molecule has 0 spiro atoms. The van der Waals surface area contributed by atoms with E-state index >= 15 is 0 Å². The van der Waals surface area contributed by atoms with Crippen LogP contribution in [0, 0.1) is 11.8 Å². The van der Waals surface area contributed by atoms with Gasteiger partial charge >= 0.3 is 0 Å². The van der Waals surface area contributed by atoms with Gasteiger partial charge in [0.25, 0.3) is 0 Å². The second-order valence-electron chi connectivity index (χ2n) is 6.44. The van der Waals surface area contributed by atoms with Crippen LogP contribution < -0.4 is 0 Å². The normalized spacial score (nSPS) is 25.5. The molecule has 2 fully saturated rings. The van der Waals surface area contributed by atoms with Gasteiger partial charge in [0.15, 0.2) is 0 Å². The van der Waals surface area contributed by atoms with Gasteiger partial charge in [0.1, 0.15) is 0 Å². The van der Waals surface area contributed by atoms with Crippen molar-refractivity contribution in [3.8, 4) is 0 Å². The summed E-state index contributed by atoms with van der Waals surface area (Å²) in [6.07, 6.45) is 2.78. The average Bonchev–Trinajstić information content (AvgIpc) is 2.81. The number of hydrogen-bond acceptors (Lipinski definition) is 4. The van der Waals surface area contributed by atoms with Crippen LogP contribution in [0.3, 0.4) is 0 Å². The van der Waals surface area contributed by atoms with Gasteiger partial charge in [-0.1, -0.05) is 43.2 Å². The average molecular weight is 317 g/mol. The van der Waals surface area contributed by atoms with Crippen LogP contribution in [0.1, 0.15) is 31.2 Å². The summed E-state index contributed by atoms with van der Waals surface area (Å²) in [5.41, 5.74) is 1.03. The molecule has 23 heavy (non-hydrogen) atoms.